The molecule has 0 spiro atoms. The van der Waals surface area contributed by atoms with Crippen molar-refractivity contribution in [1.82, 2.24) is 0 Å². The first kappa shape index (κ1) is 11.9. The standard InChI is InChI=1S/C12H15ClN2/c1-10(7-13)9-15(2)12-5-3-11(8-14)4-6-12/h3-6,10H,7,9H2,1-2H3. The smallest absolute Gasteiger partial charge is 0.0991 e. The van der Waals surface area contributed by atoms with Crippen LogP contribution in [0.5, 0.6) is 0 Å². The molecule has 0 aliphatic rings. The second-order valence-corrected chi connectivity index (χ2v) is 4.11. The van der Waals surface area contributed by atoms with E-state index in [0.29, 0.717) is 17.4 Å². The maximum atomic E-state index is 8.67. The SMILES string of the molecule is CC(CCl)CN(C)c1ccc(C#N)cc1. The third-order valence-corrected chi connectivity index (χ3v) is 2.81. The van der Waals surface area contributed by atoms with Gasteiger partial charge in [-0.2, -0.15) is 5.26 Å². The van der Waals surface area contributed by atoms with Gasteiger partial charge in [0.15, 0.2) is 0 Å². The van der Waals surface area contributed by atoms with E-state index in [2.05, 4.69) is 17.9 Å². The molecule has 1 atom stereocenters. The number of hydrogen-bond acceptors (Lipinski definition) is 2. The van der Waals surface area contributed by atoms with Gasteiger partial charge in [0, 0.05) is 25.2 Å². The molecule has 0 aromatic heterocycles. The van der Waals surface area contributed by atoms with Gasteiger partial charge in [0.25, 0.3) is 0 Å². The van der Waals surface area contributed by atoms with Crippen LogP contribution in [0.1, 0.15) is 12.5 Å². The zero-order chi connectivity index (χ0) is 11.3. The Morgan fingerprint density at radius 1 is 1.40 bits per heavy atom. The highest BCUT2D eigenvalue weighted by atomic mass is 35.5. The number of rotatable bonds is 4. The van der Waals surface area contributed by atoms with E-state index >= 15 is 0 Å². The van der Waals surface area contributed by atoms with Crippen LogP contribution in [-0.4, -0.2) is 19.5 Å². The minimum atomic E-state index is 0.465. The van der Waals surface area contributed by atoms with E-state index in [-0.39, 0.29) is 0 Å². The monoisotopic (exact) mass is 222 g/mol. The molecule has 1 unspecified atom stereocenters. The van der Waals surface area contributed by atoms with Crippen molar-refractivity contribution < 1.29 is 0 Å². The van der Waals surface area contributed by atoms with Crippen LogP contribution in [0.3, 0.4) is 0 Å². The molecular formula is C12H15ClN2. The molecule has 0 radical (unpaired) electrons. The summed E-state index contributed by atoms with van der Waals surface area (Å²) < 4.78 is 0. The highest BCUT2D eigenvalue weighted by Gasteiger charge is 2.05. The fraction of sp³-hybridized carbons (Fsp3) is 0.417. The Morgan fingerprint density at radius 2 is 2.00 bits per heavy atom. The molecule has 15 heavy (non-hydrogen) atoms. The summed E-state index contributed by atoms with van der Waals surface area (Å²) in [4.78, 5) is 2.15. The lowest BCUT2D eigenvalue weighted by molar-refractivity contribution is 0.645. The number of alkyl halides is 1. The fourth-order valence-corrected chi connectivity index (χ4v) is 1.51. The zero-order valence-corrected chi connectivity index (χ0v) is 9.83. The molecule has 0 N–H and O–H groups in total. The van der Waals surface area contributed by atoms with Crippen molar-refractivity contribution in [3.05, 3.63) is 29.8 Å². The normalized spacial score (nSPS) is 11.9. The number of halogens is 1. The van der Waals surface area contributed by atoms with E-state index in [1.54, 1.807) is 0 Å². The highest BCUT2D eigenvalue weighted by Crippen LogP contribution is 2.15. The molecule has 0 aliphatic heterocycles. The number of anilines is 1. The molecule has 0 aliphatic carbocycles. The third kappa shape index (κ3) is 3.45. The highest BCUT2D eigenvalue weighted by molar-refractivity contribution is 6.18. The summed E-state index contributed by atoms with van der Waals surface area (Å²) in [7, 11) is 2.03. The van der Waals surface area contributed by atoms with Crippen LogP contribution < -0.4 is 4.90 Å². The number of hydrogen-bond donors (Lipinski definition) is 0. The molecule has 1 aromatic carbocycles. The molecule has 3 heteroatoms. The van der Waals surface area contributed by atoms with Crippen molar-refractivity contribution in [1.29, 1.82) is 5.26 Å². The minimum absolute atomic E-state index is 0.465. The first-order chi connectivity index (χ1) is 7.17. The van der Waals surface area contributed by atoms with Crippen molar-refractivity contribution >= 4 is 17.3 Å². The summed E-state index contributed by atoms with van der Waals surface area (Å²) in [5.74, 6) is 1.13. The summed E-state index contributed by atoms with van der Waals surface area (Å²) in [6, 6.07) is 9.68. The van der Waals surface area contributed by atoms with Crippen molar-refractivity contribution in [2.24, 2.45) is 5.92 Å². The van der Waals surface area contributed by atoms with Crippen molar-refractivity contribution in [2.75, 3.05) is 24.4 Å². The molecule has 1 rings (SSSR count). The van der Waals surface area contributed by atoms with Gasteiger partial charge in [-0.1, -0.05) is 6.92 Å². The molecule has 0 amide bonds. The van der Waals surface area contributed by atoms with Gasteiger partial charge in [0.05, 0.1) is 11.6 Å². The summed E-state index contributed by atoms with van der Waals surface area (Å²) >= 11 is 5.76. The molecule has 1 aromatic rings. The second kappa shape index (κ2) is 5.63. The molecular weight excluding hydrogens is 208 g/mol. The van der Waals surface area contributed by atoms with Gasteiger partial charge >= 0.3 is 0 Å². The Labute approximate surface area is 96.1 Å². The first-order valence-electron chi connectivity index (χ1n) is 4.94. The van der Waals surface area contributed by atoms with Crippen molar-refractivity contribution in [3.8, 4) is 6.07 Å². The Bertz CT molecular complexity index is 340. The van der Waals surface area contributed by atoms with Gasteiger partial charge in [0.2, 0.25) is 0 Å². The minimum Gasteiger partial charge on any atom is -0.374 e. The predicted octanol–water partition coefficient (Wildman–Crippen LogP) is 2.87. The van der Waals surface area contributed by atoms with Crippen molar-refractivity contribution in [2.45, 2.75) is 6.92 Å². The van der Waals surface area contributed by atoms with Crippen LogP contribution in [0.4, 0.5) is 5.69 Å². The van der Waals surface area contributed by atoms with Gasteiger partial charge in [-0.05, 0) is 30.2 Å². The molecule has 0 saturated heterocycles. The van der Waals surface area contributed by atoms with Crippen LogP contribution >= 0.6 is 11.6 Å². The van der Waals surface area contributed by atoms with Gasteiger partial charge < -0.3 is 4.90 Å². The molecule has 0 fully saturated rings. The van der Waals surface area contributed by atoms with E-state index in [1.807, 2.05) is 31.3 Å². The van der Waals surface area contributed by atoms with Crippen LogP contribution in [0, 0.1) is 17.2 Å². The molecule has 80 valence electrons. The summed E-state index contributed by atoms with van der Waals surface area (Å²) in [5, 5.41) is 8.67. The average molecular weight is 223 g/mol. The Morgan fingerprint density at radius 3 is 2.47 bits per heavy atom. The van der Waals surface area contributed by atoms with Crippen LogP contribution in [0.25, 0.3) is 0 Å². The van der Waals surface area contributed by atoms with Crippen LogP contribution in [0.2, 0.25) is 0 Å². The lowest BCUT2D eigenvalue weighted by atomic mass is 10.1. The average Bonchev–Trinajstić information content (AvgIpc) is 2.29. The Kier molecular flexibility index (Phi) is 4.45. The molecule has 0 bridgehead atoms. The quantitative estimate of drug-likeness (QED) is 0.733. The lowest BCUT2D eigenvalue weighted by Crippen LogP contribution is -2.24. The maximum absolute atomic E-state index is 8.67. The van der Waals surface area contributed by atoms with Gasteiger partial charge in [-0.15, -0.1) is 11.6 Å². The van der Waals surface area contributed by atoms with E-state index in [4.69, 9.17) is 16.9 Å². The van der Waals surface area contributed by atoms with Gasteiger partial charge in [-0.25, -0.2) is 0 Å². The van der Waals surface area contributed by atoms with Crippen LogP contribution in [0.15, 0.2) is 24.3 Å². The molecule has 0 heterocycles. The summed E-state index contributed by atoms with van der Waals surface area (Å²) in [6.45, 7) is 3.04. The van der Waals surface area contributed by atoms with Gasteiger partial charge in [0.1, 0.15) is 0 Å². The Balaban J connectivity index is 2.66. The number of nitrogens with zero attached hydrogens (tertiary/aromatic N) is 2. The summed E-state index contributed by atoms with van der Waals surface area (Å²) in [6.07, 6.45) is 0. The Hall–Kier alpha value is -1.20. The second-order valence-electron chi connectivity index (χ2n) is 3.80. The topological polar surface area (TPSA) is 27.0 Å². The fourth-order valence-electron chi connectivity index (χ4n) is 1.41. The van der Waals surface area contributed by atoms with E-state index in [9.17, 15) is 0 Å². The lowest BCUT2D eigenvalue weighted by Gasteiger charge is -2.22. The van der Waals surface area contributed by atoms with E-state index < -0.39 is 0 Å². The zero-order valence-electron chi connectivity index (χ0n) is 9.07. The number of benzene rings is 1. The van der Waals surface area contributed by atoms with Crippen LogP contribution in [-0.2, 0) is 0 Å². The first-order valence-corrected chi connectivity index (χ1v) is 5.48. The number of nitriles is 1. The van der Waals surface area contributed by atoms with Crippen molar-refractivity contribution in [3.63, 3.8) is 0 Å². The van der Waals surface area contributed by atoms with E-state index in [0.717, 1.165) is 12.2 Å². The van der Waals surface area contributed by atoms with Gasteiger partial charge in [-0.3, -0.25) is 0 Å². The maximum Gasteiger partial charge on any atom is 0.0991 e. The predicted molar refractivity (Wildman–Crippen MR) is 64.3 cm³/mol. The summed E-state index contributed by atoms with van der Waals surface area (Å²) in [5.41, 5.74) is 1.81. The third-order valence-electron chi connectivity index (χ3n) is 2.29. The molecule has 2 nitrogen and oxygen atoms in total. The van der Waals surface area contributed by atoms with E-state index in [1.165, 1.54) is 0 Å². The molecule has 0 saturated carbocycles. The largest absolute Gasteiger partial charge is 0.374 e.